The lowest BCUT2D eigenvalue weighted by Crippen LogP contribution is -2.21. The molecule has 1 fully saturated rings. The van der Waals surface area contributed by atoms with E-state index in [4.69, 9.17) is 21.0 Å². The summed E-state index contributed by atoms with van der Waals surface area (Å²) in [6, 6.07) is 7.06. The van der Waals surface area contributed by atoms with Gasteiger partial charge in [-0.15, -0.1) is 6.42 Å². The van der Waals surface area contributed by atoms with Gasteiger partial charge in [0.1, 0.15) is 0 Å². The monoisotopic (exact) mass is 218 g/mol. The van der Waals surface area contributed by atoms with Crippen molar-refractivity contribution in [1.29, 1.82) is 0 Å². The first kappa shape index (κ1) is 10.7. The third kappa shape index (κ3) is 2.06. The van der Waals surface area contributed by atoms with Crippen molar-refractivity contribution in [2.75, 3.05) is 6.61 Å². The molecule has 0 amide bonds. The molecule has 1 heterocycles. The van der Waals surface area contributed by atoms with E-state index in [1.807, 2.05) is 0 Å². The Hall–Kier alpha value is -1.83. The Morgan fingerprint density at radius 2 is 2.12 bits per heavy atom. The summed E-state index contributed by atoms with van der Waals surface area (Å²) in [4.78, 5) is 10.6. The minimum atomic E-state index is -1.01. The average molecular weight is 218 g/mol. The van der Waals surface area contributed by atoms with Crippen molar-refractivity contribution in [3.05, 3.63) is 35.4 Å². The molecule has 0 spiro atoms. The number of benzene rings is 1. The lowest BCUT2D eigenvalue weighted by Gasteiger charge is -2.09. The Balaban J connectivity index is 2.09. The summed E-state index contributed by atoms with van der Waals surface area (Å²) in [6.45, 7) is 0.0664. The van der Waals surface area contributed by atoms with E-state index in [0.29, 0.717) is 0 Å². The Bertz CT molecular complexity index is 429. The van der Waals surface area contributed by atoms with Crippen LogP contribution in [-0.2, 0) is 14.3 Å². The number of carbonyl (C=O) groups is 1. The summed E-state index contributed by atoms with van der Waals surface area (Å²) >= 11 is 0. The van der Waals surface area contributed by atoms with Crippen LogP contribution in [0.2, 0.25) is 0 Å². The molecule has 2 rings (SSSR count). The Morgan fingerprint density at radius 1 is 1.44 bits per heavy atom. The van der Waals surface area contributed by atoms with Crippen molar-refractivity contribution in [1.82, 2.24) is 0 Å². The maximum Gasteiger partial charge on any atom is 0.335 e. The van der Waals surface area contributed by atoms with Crippen molar-refractivity contribution in [3.8, 4) is 12.3 Å². The molecule has 1 N–H and O–H groups in total. The predicted molar refractivity (Wildman–Crippen MR) is 55.6 cm³/mol. The largest absolute Gasteiger partial charge is 0.479 e. The molecule has 1 unspecified atom stereocenters. The molecule has 82 valence electrons. The number of aliphatic carboxylic acids is 1. The van der Waals surface area contributed by atoms with E-state index in [9.17, 15) is 4.79 Å². The highest BCUT2D eigenvalue weighted by molar-refractivity contribution is 5.72. The lowest BCUT2D eigenvalue weighted by molar-refractivity contribution is -0.150. The van der Waals surface area contributed by atoms with Gasteiger partial charge >= 0.3 is 5.97 Å². The zero-order valence-corrected chi connectivity index (χ0v) is 8.42. The number of carboxylic acid groups (broad SMARTS) is 1. The third-order valence-electron chi connectivity index (χ3n) is 2.31. The van der Waals surface area contributed by atoms with Crippen molar-refractivity contribution < 1.29 is 19.4 Å². The highest BCUT2D eigenvalue weighted by Crippen LogP contribution is 2.26. The van der Waals surface area contributed by atoms with Crippen LogP contribution in [0.5, 0.6) is 0 Å². The quantitative estimate of drug-likeness (QED) is 0.757. The van der Waals surface area contributed by atoms with Crippen LogP contribution in [0.3, 0.4) is 0 Å². The lowest BCUT2D eigenvalue weighted by atomic mass is 10.1. The van der Waals surface area contributed by atoms with E-state index in [-0.39, 0.29) is 6.61 Å². The van der Waals surface area contributed by atoms with Gasteiger partial charge in [-0.05, 0) is 12.1 Å². The van der Waals surface area contributed by atoms with Gasteiger partial charge in [0.05, 0.1) is 6.61 Å². The highest BCUT2D eigenvalue weighted by Gasteiger charge is 2.32. The molecule has 4 nitrogen and oxygen atoms in total. The Morgan fingerprint density at radius 3 is 2.62 bits per heavy atom. The summed E-state index contributed by atoms with van der Waals surface area (Å²) in [7, 11) is 0. The van der Waals surface area contributed by atoms with Crippen LogP contribution >= 0.6 is 0 Å². The molecular weight excluding hydrogens is 208 g/mol. The zero-order valence-electron chi connectivity index (χ0n) is 8.42. The normalized spacial score (nSPS) is 23.9. The summed E-state index contributed by atoms with van der Waals surface area (Å²) in [5.74, 6) is 1.48. The van der Waals surface area contributed by atoms with Crippen molar-refractivity contribution in [2.24, 2.45) is 0 Å². The summed E-state index contributed by atoms with van der Waals surface area (Å²) in [6.07, 6.45) is 3.72. The van der Waals surface area contributed by atoms with E-state index in [1.54, 1.807) is 24.3 Å². The molecular formula is C12H10O4. The molecule has 0 radical (unpaired) electrons. The Labute approximate surface area is 92.8 Å². The van der Waals surface area contributed by atoms with Crippen molar-refractivity contribution >= 4 is 5.97 Å². The van der Waals surface area contributed by atoms with Gasteiger partial charge in [0.15, 0.2) is 12.4 Å². The number of rotatable bonds is 2. The standard InChI is InChI=1S/C12H10O4/c1-2-8-3-5-9(6-4-8)12-15-7-10(16-12)11(13)14/h1,3-6,10,12H,7H2,(H,13,14)/t10-,12?/m1/s1. The molecule has 0 saturated carbocycles. The van der Waals surface area contributed by atoms with Gasteiger partial charge in [-0.2, -0.15) is 0 Å². The number of terminal acetylenes is 1. The summed E-state index contributed by atoms with van der Waals surface area (Å²) < 4.78 is 10.4. The molecule has 0 bridgehead atoms. The molecule has 4 heteroatoms. The fourth-order valence-electron chi connectivity index (χ4n) is 1.44. The smallest absolute Gasteiger partial charge is 0.335 e. The average Bonchev–Trinajstić information content (AvgIpc) is 2.78. The predicted octanol–water partition coefficient (Wildman–Crippen LogP) is 1.17. The minimum Gasteiger partial charge on any atom is -0.479 e. The van der Waals surface area contributed by atoms with Gasteiger partial charge in [0.25, 0.3) is 0 Å². The maximum atomic E-state index is 10.6. The van der Waals surface area contributed by atoms with E-state index in [2.05, 4.69) is 5.92 Å². The van der Waals surface area contributed by atoms with Crippen LogP contribution in [-0.4, -0.2) is 23.8 Å². The Kier molecular flexibility index (Phi) is 2.91. The molecule has 1 aliphatic heterocycles. The van der Waals surface area contributed by atoms with Gasteiger partial charge in [0, 0.05) is 11.1 Å². The summed E-state index contributed by atoms with van der Waals surface area (Å²) in [5, 5.41) is 8.73. The maximum absolute atomic E-state index is 10.6. The molecule has 0 aliphatic carbocycles. The van der Waals surface area contributed by atoms with Gasteiger partial charge in [-0.1, -0.05) is 18.1 Å². The minimum absolute atomic E-state index is 0.0664. The SMILES string of the molecule is C#Cc1ccc(C2OC[C@H](C(=O)O)O2)cc1. The number of hydrogen-bond acceptors (Lipinski definition) is 3. The van der Waals surface area contributed by atoms with Crippen molar-refractivity contribution in [2.45, 2.75) is 12.4 Å². The first-order valence-electron chi connectivity index (χ1n) is 4.77. The van der Waals surface area contributed by atoms with Gasteiger partial charge < -0.3 is 14.6 Å². The number of carboxylic acids is 1. The van der Waals surface area contributed by atoms with Crippen LogP contribution in [0.4, 0.5) is 0 Å². The molecule has 1 saturated heterocycles. The number of hydrogen-bond donors (Lipinski definition) is 1. The second kappa shape index (κ2) is 4.35. The second-order valence-electron chi connectivity index (χ2n) is 3.39. The van der Waals surface area contributed by atoms with Crippen LogP contribution in [0.1, 0.15) is 17.4 Å². The second-order valence-corrected chi connectivity index (χ2v) is 3.39. The van der Waals surface area contributed by atoms with Crippen LogP contribution in [0.15, 0.2) is 24.3 Å². The fourth-order valence-corrected chi connectivity index (χ4v) is 1.44. The fraction of sp³-hybridized carbons (Fsp3) is 0.250. The van der Waals surface area contributed by atoms with Gasteiger partial charge in [-0.3, -0.25) is 0 Å². The summed E-state index contributed by atoms with van der Waals surface area (Å²) in [5.41, 5.74) is 1.53. The van der Waals surface area contributed by atoms with E-state index >= 15 is 0 Å². The highest BCUT2D eigenvalue weighted by atomic mass is 16.7. The molecule has 0 aromatic heterocycles. The van der Waals surface area contributed by atoms with Gasteiger partial charge in [-0.25, -0.2) is 4.79 Å². The molecule has 1 aromatic carbocycles. The first-order chi connectivity index (χ1) is 7.70. The zero-order chi connectivity index (χ0) is 11.5. The van der Waals surface area contributed by atoms with Crippen LogP contribution < -0.4 is 0 Å². The molecule has 1 aromatic rings. The first-order valence-corrected chi connectivity index (χ1v) is 4.77. The topological polar surface area (TPSA) is 55.8 Å². The van der Waals surface area contributed by atoms with Crippen molar-refractivity contribution in [3.63, 3.8) is 0 Å². The molecule has 2 atom stereocenters. The number of ether oxygens (including phenoxy) is 2. The van der Waals surface area contributed by atoms with Crippen LogP contribution in [0, 0.1) is 12.3 Å². The van der Waals surface area contributed by atoms with E-state index < -0.39 is 18.4 Å². The van der Waals surface area contributed by atoms with Crippen LogP contribution in [0.25, 0.3) is 0 Å². The van der Waals surface area contributed by atoms with E-state index in [0.717, 1.165) is 11.1 Å². The third-order valence-corrected chi connectivity index (χ3v) is 2.31. The molecule has 1 aliphatic rings. The van der Waals surface area contributed by atoms with E-state index in [1.165, 1.54) is 0 Å². The molecule has 16 heavy (non-hydrogen) atoms. The van der Waals surface area contributed by atoms with Gasteiger partial charge in [0.2, 0.25) is 0 Å².